The second kappa shape index (κ2) is 6.86. The Morgan fingerprint density at radius 1 is 0.958 bits per heavy atom. The van der Waals surface area contributed by atoms with Crippen LogP contribution in [0.3, 0.4) is 0 Å². The standard InChI is InChI=1S/C21H25NO2/c1-2-8-19(9-3-1)23-16-6-13-22-14-11-21(12-15-22)17-18-7-4-5-10-20(18)24-21/h1-5,7-10H,6,11-17H2. The molecule has 1 spiro atoms. The van der Waals surface area contributed by atoms with E-state index in [0.29, 0.717) is 0 Å². The minimum Gasteiger partial charge on any atom is -0.494 e. The zero-order valence-corrected chi connectivity index (χ0v) is 14.1. The number of hydrogen-bond donors (Lipinski definition) is 0. The Morgan fingerprint density at radius 2 is 1.71 bits per heavy atom. The number of nitrogens with zero attached hydrogens (tertiary/aromatic N) is 1. The number of ether oxygens (including phenoxy) is 2. The number of rotatable bonds is 5. The van der Waals surface area contributed by atoms with Crippen LogP contribution in [-0.2, 0) is 6.42 Å². The van der Waals surface area contributed by atoms with Gasteiger partial charge < -0.3 is 14.4 Å². The summed E-state index contributed by atoms with van der Waals surface area (Å²) in [6.07, 6.45) is 4.40. The van der Waals surface area contributed by atoms with Crippen molar-refractivity contribution in [2.75, 3.05) is 26.2 Å². The number of fused-ring (bicyclic) bond motifs is 1. The van der Waals surface area contributed by atoms with E-state index in [0.717, 1.165) is 63.4 Å². The number of hydrogen-bond acceptors (Lipinski definition) is 3. The molecule has 1 saturated heterocycles. The Labute approximate surface area is 144 Å². The molecule has 3 heteroatoms. The lowest BCUT2D eigenvalue weighted by molar-refractivity contribution is 0.0183. The van der Waals surface area contributed by atoms with E-state index in [-0.39, 0.29) is 5.60 Å². The van der Waals surface area contributed by atoms with Crippen molar-refractivity contribution in [1.82, 2.24) is 4.90 Å². The summed E-state index contributed by atoms with van der Waals surface area (Å²) in [6.45, 7) is 4.14. The smallest absolute Gasteiger partial charge is 0.123 e. The average Bonchev–Trinajstić information content (AvgIpc) is 2.99. The number of benzene rings is 2. The number of likely N-dealkylation sites (tertiary alicyclic amines) is 1. The van der Waals surface area contributed by atoms with Crippen molar-refractivity contribution in [2.45, 2.75) is 31.3 Å². The normalized spacial score (nSPS) is 19.0. The molecule has 0 atom stereocenters. The molecular formula is C21H25NO2. The molecule has 2 heterocycles. The molecule has 0 bridgehead atoms. The first-order chi connectivity index (χ1) is 11.8. The van der Waals surface area contributed by atoms with Gasteiger partial charge in [-0.25, -0.2) is 0 Å². The summed E-state index contributed by atoms with van der Waals surface area (Å²) in [5.41, 5.74) is 1.43. The maximum atomic E-state index is 6.32. The van der Waals surface area contributed by atoms with Gasteiger partial charge >= 0.3 is 0 Å². The molecule has 0 radical (unpaired) electrons. The Kier molecular flexibility index (Phi) is 4.44. The van der Waals surface area contributed by atoms with Crippen molar-refractivity contribution in [3.8, 4) is 11.5 Å². The highest BCUT2D eigenvalue weighted by molar-refractivity contribution is 5.39. The lowest BCUT2D eigenvalue weighted by Crippen LogP contribution is -2.47. The molecule has 0 unspecified atom stereocenters. The van der Waals surface area contributed by atoms with Crippen LogP contribution in [0.5, 0.6) is 11.5 Å². The molecule has 2 aromatic rings. The predicted molar refractivity (Wildman–Crippen MR) is 95.7 cm³/mol. The predicted octanol–water partition coefficient (Wildman–Crippen LogP) is 3.93. The van der Waals surface area contributed by atoms with Crippen LogP contribution in [0.2, 0.25) is 0 Å². The molecule has 24 heavy (non-hydrogen) atoms. The molecule has 2 aliphatic rings. The average molecular weight is 323 g/mol. The third-order valence-electron chi connectivity index (χ3n) is 5.21. The molecule has 0 aliphatic carbocycles. The molecule has 2 aliphatic heterocycles. The van der Waals surface area contributed by atoms with Crippen LogP contribution < -0.4 is 9.47 Å². The summed E-state index contributed by atoms with van der Waals surface area (Å²) in [6, 6.07) is 18.6. The van der Waals surface area contributed by atoms with Crippen molar-refractivity contribution in [1.29, 1.82) is 0 Å². The van der Waals surface area contributed by atoms with E-state index in [1.54, 1.807) is 0 Å². The molecule has 4 rings (SSSR count). The molecule has 126 valence electrons. The lowest BCUT2D eigenvalue weighted by atomic mass is 9.87. The first kappa shape index (κ1) is 15.5. The van der Waals surface area contributed by atoms with Gasteiger partial charge in [-0.2, -0.15) is 0 Å². The fourth-order valence-electron chi connectivity index (χ4n) is 3.82. The fraction of sp³-hybridized carbons (Fsp3) is 0.429. The van der Waals surface area contributed by atoms with E-state index < -0.39 is 0 Å². The van der Waals surface area contributed by atoms with Gasteiger partial charge in [0.15, 0.2) is 0 Å². The summed E-state index contributed by atoms with van der Waals surface area (Å²) in [7, 11) is 0. The SMILES string of the molecule is c1ccc(OCCCN2CCC3(CC2)Cc2ccccc2O3)cc1. The van der Waals surface area contributed by atoms with Gasteiger partial charge in [0.2, 0.25) is 0 Å². The Bertz CT molecular complexity index is 636. The summed E-state index contributed by atoms with van der Waals surface area (Å²) < 4.78 is 12.1. The van der Waals surface area contributed by atoms with E-state index >= 15 is 0 Å². The molecule has 0 aromatic heterocycles. The van der Waals surface area contributed by atoms with Gasteiger partial charge in [0, 0.05) is 38.9 Å². The van der Waals surface area contributed by atoms with E-state index in [2.05, 4.69) is 29.2 Å². The summed E-state index contributed by atoms with van der Waals surface area (Å²) in [5.74, 6) is 2.06. The van der Waals surface area contributed by atoms with Crippen molar-refractivity contribution >= 4 is 0 Å². The number of piperidine rings is 1. The van der Waals surface area contributed by atoms with Gasteiger partial charge in [-0.3, -0.25) is 0 Å². The molecular weight excluding hydrogens is 298 g/mol. The van der Waals surface area contributed by atoms with Gasteiger partial charge in [0.05, 0.1) is 6.61 Å². The zero-order chi connectivity index (χ0) is 16.2. The molecule has 0 N–H and O–H groups in total. The Hall–Kier alpha value is -2.00. The van der Waals surface area contributed by atoms with Gasteiger partial charge in [-0.15, -0.1) is 0 Å². The molecule has 3 nitrogen and oxygen atoms in total. The van der Waals surface area contributed by atoms with Crippen LogP contribution in [0.25, 0.3) is 0 Å². The topological polar surface area (TPSA) is 21.7 Å². The fourth-order valence-corrected chi connectivity index (χ4v) is 3.82. The van der Waals surface area contributed by atoms with Crippen LogP contribution in [-0.4, -0.2) is 36.7 Å². The molecule has 0 saturated carbocycles. The van der Waals surface area contributed by atoms with E-state index in [1.165, 1.54) is 5.56 Å². The monoisotopic (exact) mass is 323 g/mol. The first-order valence-electron chi connectivity index (χ1n) is 9.00. The van der Waals surface area contributed by atoms with Crippen LogP contribution in [0.4, 0.5) is 0 Å². The van der Waals surface area contributed by atoms with E-state index in [9.17, 15) is 0 Å². The van der Waals surface area contributed by atoms with Gasteiger partial charge in [0.25, 0.3) is 0 Å². The van der Waals surface area contributed by atoms with Gasteiger partial charge in [-0.1, -0.05) is 36.4 Å². The van der Waals surface area contributed by atoms with Crippen molar-refractivity contribution in [3.05, 3.63) is 60.2 Å². The summed E-state index contributed by atoms with van der Waals surface area (Å²) in [5, 5.41) is 0. The van der Waals surface area contributed by atoms with Crippen LogP contribution in [0.1, 0.15) is 24.8 Å². The zero-order valence-electron chi connectivity index (χ0n) is 14.1. The molecule has 1 fully saturated rings. The van der Waals surface area contributed by atoms with Crippen molar-refractivity contribution in [3.63, 3.8) is 0 Å². The largest absolute Gasteiger partial charge is 0.494 e. The highest BCUT2D eigenvalue weighted by Crippen LogP contribution is 2.40. The van der Waals surface area contributed by atoms with Gasteiger partial charge in [-0.05, 0) is 30.2 Å². The third-order valence-corrected chi connectivity index (χ3v) is 5.21. The minimum absolute atomic E-state index is 0.0563. The maximum Gasteiger partial charge on any atom is 0.123 e. The van der Waals surface area contributed by atoms with Crippen LogP contribution in [0, 0.1) is 0 Å². The summed E-state index contributed by atoms with van der Waals surface area (Å²) in [4.78, 5) is 2.55. The van der Waals surface area contributed by atoms with E-state index in [1.807, 2.05) is 30.3 Å². The molecule has 2 aromatic carbocycles. The van der Waals surface area contributed by atoms with E-state index in [4.69, 9.17) is 9.47 Å². The minimum atomic E-state index is 0.0563. The summed E-state index contributed by atoms with van der Waals surface area (Å²) >= 11 is 0. The maximum absolute atomic E-state index is 6.32. The second-order valence-electron chi connectivity index (χ2n) is 6.93. The van der Waals surface area contributed by atoms with Crippen molar-refractivity contribution < 1.29 is 9.47 Å². The highest BCUT2D eigenvalue weighted by atomic mass is 16.5. The first-order valence-corrected chi connectivity index (χ1v) is 9.00. The second-order valence-corrected chi connectivity index (χ2v) is 6.93. The van der Waals surface area contributed by atoms with Gasteiger partial charge in [0.1, 0.15) is 17.1 Å². The molecule has 0 amide bonds. The number of para-hydroxylation sites is 2. The lowest BCUT2D eigenvalue weighted by Gasteiger charge is -2.38. The third kappa shape index (κ3) is 3.41. The van der Waals surface area contributed by atoms with Crippen molar-refractivity contribution in [2.24, 2.45) is 0 Å². The Balaban J connectivity index is 1.20. The van der Waals surface area contributed by atoms with Crippen LogP contribution in [0.15, 0.2) is 54.6 Å². The van der Waals surface area contributed by atoms with Crippen LogP contribution >= 0.6 is 0 Å². The quantitative estimate of drug-likeness (QED) is 0.778. The highest BCUT2D eigenvalue weighted by Gasteiger charge is 2.41. The Morgan fingerprint density at radius 3 is 2.50 bits per heavy atom.